The summed E-state index contributed by atoms with van der Waals surface area (Å²) >= 11 is 0. The van der Waals surface area contributed by atoms with Crippen LogP contribution in [0.5, 0.6) is 0 Å². The fourth-order valence-electron chi connectivity index (χ4n) is 4.02. The van der Waals surface area contributed by atoms with Gasteiger partial charge in [-0.3, -0.25) is 0 Å². The number of hydrogen-bond donors (Lipinski definition) is 1. The van der Waals surface area contributed by atoms with Gasteiger partial charge < -0.3 is 19.6 Å². The van der Waals surface area contributed by atoms with Crippen LogP contribution >= 0.6 is 0 Å². The van der Waals surface area contributed by atoms with Crippen LogP contribution in [-0.4, -0.2) is 69.8 Å². The summed E-state index contributed by atoms with van der Waals surface area (Å²) in [6, 6.07) is 0. The number of carboxylic acids is 1. The number of nitrogens with zero attached hydrogens (tertiary/aromatic N) is 6. The summed E-state index contributed by atoms with van der Waals surface area (Å²) in [5.74, 6) is 0.0605. The number of aryl methyl sites for hydroxylation is 2. The molecule has 0 unspecified atom stereocenters. The molecule has 34 heavy (non-hydrogen) atoms. The minimum absolute atomic E-state index is 0.181. The maximum Gasteiger partial charge on any atom is 0.341 e. The summed E-state index contributed by atoms with van der Waals surface area (Å²) in [6.07, 6.45) is 10.2. The van der Waals surface area contributed by atoms with E-state index in [1.165, 1.54) is 31.9 Å². The molecule has 10 heteroatoms. The van der Waals surface area contributed by atoms with Gasteiger partial charge in [0, 0.05) is 38.6 Å². The first-order valence-electron chi connectivity index (χ1n) is 12.0. The molecule has 2 saturated heterocycles. The number of anilines is 2. The Kier molecular flexibility index (Phi) is 9.12. The minimum Gasteiger partial charge on any atom is -0.478 e. The molecule has 0 aliphatic carbocycles. The van der Waals surface area contributed by atoms with E-state index in [1.807, 2.05) is 6.92 Å². The summed E-state index contributed by atoms with van der Waals surface area (Å²) in [5.41, 5.74) is 1.85. The van der Waals surface area contributed by atoms with Gasteiger partial charge in [-0.05, 0) is 59.3 Å². The van der Waals surface area contributed by atoms with E-state index in [0.717, 1.165) is 45.0 Å². The SMILES string of the molecule is CCOC(=O)c1cnc(N2CCCCC2)nc1C.Cc1nc(N2CCCCC2)ncc1C(=O)O. The van der Waals surface area contributed by atoms with Gasteiger partial charge in [0.15, 0.2) is 0 Å². The van der Waals surface area contributed by atoms with Crippen LogP contribution in [0, 0.1) is 13.8 Å². The zero-order valence-corrected chi connectivity index (χ0v) is 20.3. The molecular formula is C24H34N6O4. The van der Waals surface area contributed by atoms with Crippen molar-refractivity contribution in [3.63, 3.8) is 0 Å². The lowest BCUT2D eigenvalue weighted by Crippen LogP contribution is -2.31. The van der Waals surface area contributed by atoms with Gasteiger partial charge in [-0.2, -0.15) is 0 Å². The number of esters is 1. The molecule has 0 bridgehead atoms. The lowest BCUT2D eigenvalue weighted by Gasteiger charge is -2.26. The number of aromatic carboxylic acids is 1. The molecule has 2 fully saturated rings. The van der Waals surface area contributed by atoms with Crippen molar-refractivity contribution in [2.45, 2.75) is 59.3 Å². The van der Waals surface area contributed by atoms with Crippen LogP contribution in [0.2, 0.25) is 0 Å². The van der Waals surface area contributed by atoms with Crippen molar-refractivity contribution in [1.82, 2.24) is 19.9 Å². The first-order chi connectivity index (χ1) is 16.4. The highest BCUT2D eigenvalue weighted by Gasteiger charge is 2.18. The van der Waals surface area contributed by atoms with Gasteiger partial charge in [-0.15, -0.1) is 0 Å². The number of ether oxygens (including phenoxy) is 1. The molecule has 0 amide bonds. The Morgan fingerprint density at radius 1 is 0.824 bits per heavy atom. The van der Waals surface area contributed by atoms with E-state index in [4.69, 9.17) is 9.84 Å². The standard InChI is InChI=1S/C13H19N3O2.C11H15N3O2/c1-3-18-12(17)11-9-14-13(15-10(11)2)16-7-5-4-6-8-16;1-8-9(10(15)16)7-12-11(13-8)14-5-3-2-4-6-14/h9H,3-8H2,1-2H3;7H,2-6H2,1H3,(H,15,16). The predicted molar refractivity (Wildman–Crippen MR) is 129 cm³/mol. The third-order valence-corrected chi connectivity index (χ3v) is 5.94. The molecule has 184 valence electrons. The van der Waals surface area contributed by atoms with Crippen LogP contribution in [0.15, 0.2) is 12.4 Å². The molecule has 0 spiro atoms. The van der Waals surface area contributed by atoms with Crippen molar-refractivity contribution in [2.24, 2.45) is 0 Å². The predicted octanol–water partition coefficient (Wildman–Crippen LogP) is 3.43. The van der Waals surface area contributed by atoms with E-state index < -0.39 is 5.97 Å². The van der Waals surface area contributed by atoms with Crippen LogP contribution in [0.25, 0.3) is 0 Å². The molecule has 0 saturated carbocycles. The van der Waals surface area contributed by atoms with Gasteiger partial charge in [-0.25, -0.2) is 29.5 Å². The first-order valence-corrected chi connectivity index (χ1v) is 12.0. The number of piperidine rings is 2. The Labute approximate surface area is 200 Å². The Balaban J connectivity index is 0.000000192. The third kappa shape index (κ3) is 6.61. The average molecular weight is 471 g/mol. The van der Waals surface area contributed by atoms with Crippen molar-refractivity contribution in [2.75, 3.05) is 42.6 Å². The van der Waals surface area contributed by atoms with Crippen molar-refractivity contribution in [1.29, 1.82) is 0 Å². The normalized spacial score (nSPS) is 15.9. The lowest BCUT2D eigenvalue weighted by atomic mass is 10.1. The highest BCUT2D eigenvalue weighted by molar-refractivity contribution is 5.90. The fraction of sp³-hybridized carbons (Fsp3) is 0.583. The van der Waals surface area contributed by atoms with Crippen molar-refractivity contribution < 1.29 is 19.4 Å². The molecule has 1 N–H and O–H groups in total. The molecule has 0 radical (unpaired) electrons. The number of hydrogen-bond acceptors (Lipinski definition) is 9. The average Bonchev–Trinajstić information content (AvgIpc) is 2.85. The zero-order chi connectivity index (χ0) is 24.5. The van der Waals surface area contributed by atoms with E-state index in [0.29, 0.717) is 29.5 Å². The van der Waals surface area contributed by atoms with Gasteiger partial charge in [0.25, 0.3) is 0 Å². The van der Waals surface area contributed by atoms with E-state index in [2.05, 4.69) is 29.7 Å². The summed E-state index contributed by atoms with van der Waals surface area (Å²) in [4.78, 5) is 43.8. The van der Waals surface area contributed by atoms with Crippen LogP contribution in [-0.2, 0) is 4.74 Å². The molecule has 0 atom stereocenters. The first kappa shape index (κ1) is 25.3. The second-order valence-corrected chi connectivity index (χ2v) is 8.46. The smallest absolute Gasteiger partial charge is 0.341 e. The second kappa shape index (κ2) is 12.2. The third-order valence-electron chi connectivity index (χ3n) is 5.94. The molecule has 2 aromatic rings. The Hall–Kier alpha value is -3.30. The topological polar surface area (TPSA) is 122 Å². The highest BCUT2D eigenvalue weighted by atomic mass is 16.5. The lowest BCUT2D eigenvalue weighted by molar-refractivity contribution is 0.0524. The molecule has 4 rings (SSSR count). The molecule has 2 aliphatic rings. The van der Waals surface area contributed by atoms with Gasteiger partial charge in [0.1, 0.15) is 0 Å². The summed E-state index contributed by atoms with van der Waals surface area (Å²) < 4.78 is 4.96. The molecule has 2 aliphatic heterocycles. The molecule has 2 aromatic heterocycles. The quantitative estimate of drug-likeness (QED) is 0.650. The van der Waals surface area contributed by atoms with E-state index >= 15 is 0 Å². The van der Waals surface area contributed by atoms with E-state index in [9.17, 15) is 9.59 Å². The number of carbonyl (C=O) groups is 2. The van der Waals surface area contributed by atoms with Crippen molar-refractivity contribution in [3.05, 3.63) is 34.9 Å². The monoisotopic (exact) mass is 470 g/mol. The molecule has 10 nitrogen and oxygen atoms in total. The highest BCUT2D eigenvalue weighted by Crippen LogP contribution is 2.18. The number of rotatable bonds is 5. The van der Waals surface area contributed by atoms with E-state index in [-0.39, 0.29) is 11.5 Å². The van der Waals surface area contributed by atoms with Crippen LogP contribution in [0.1, 0.15) is 77.6 Å². The van der Waals surface area contributed by atoms with Crippen LogP contribution < -0.4 is 9.80 Å². The number of aromatic nitrogens is 4. The Morgan fingerprint density at radius 3 is 1.65 bits per heavy atom. The summed E-state index contributed by atoms with van der Waals surface area (Å²) in [6.45, 7) is 9.61. The van der Waals surface area contributed by atoms with Crippen LogP contribution in [0.3, 0.4) is 0 Å². The van der Waals surface area contributed by atoms with Gasteiger partial charge in [-0.1, -0.05) is 0 Å². The maximum atomic E-state index is 11.6. The molecular weight excluding hydrogens is 436 g/mol. The van der Waals surface area contributed by atoms with Gasteiger partial charge in [0.2, 0.25) is 11.9 Å². The maximum absolute atomic E-state index is 11.6. The summed E-state index contributed by atoms with van der Waals surface area (Å²) in [7, 11) is 0. The Bertz CT molecular complexity index is 987. The van der Waals surface area contributed by atoms with Crippen molar-refractivity contribution >= 4 is 23.8 Å². The second-order valence-electron chi connectivity index (χ2n) is 8.46. The van der Waals surface area contributed by atoms with E-state index in [1.54, 1.807) is 20.0 Å². The number of carboxylic acid groups (broad SMARTS) is 1. The fourth-order valence-corrected chi connectivity index (χ4v) is 4.02. The van der Waals surface area contributed by atoms with Gasteiger partial charge >= 0.3 is 11.9 Å². The Morgan fingerprint density at radius 2 is 1.26 bits per heavy atom. The van der Waals surface area contributed by atoms with Gasteiger partial charge in [0.05, 0.1) is 29.1 Å². The minimum atomic E-state index is -0.970. The molecule has 0 aromatic carbocycles. The largest absolute Gasteiger partial charge is 0.478 e. The molecule has 4 heterocycles. The van der Waals surface area contributed by atoms with Crippen molar-refractivity contribution in [3.8, 4) is 0 Å². The summed E-state index contributed by atoms with van der Waals surface area (Å²) in [5, 5.41) is 8.87. The van der Waals surface area contributed by atoms with Crippen LogP contribution in [0.4, 0.5) is 11.9 Å². The number of carbonyl (C=O) groups excluding carboxylic acids is 1. The zero-order valence-electron chi connectivity index (χ0n) is 20.3.